The number of hydrogen-bond acceptors (Lipinski definition) is 4. The van der Waals surface area contributed by atoms with Gasteiger partial charge in [0, 0.05) is 0 Å². The fourth-order valence-electron chi connectivity index (χ4n) is 1.97. The van der Waals surface area contributed by atoms with Crippen LogP contribution in [0.3, 0.4) is 0 Å². The highest BCUT2D eigenvalue weighted by molar-refractivity contribution is 5.75. The lowest BCUT2D eigenvalue weighted by Crippen LogP contribution is -2.33. The summed E-state index contributed by atoms with van der Waals surface area (Å²) >= 11 is 0. The third-order valence-corrected chi connectivity index (χ3v) is 3.11. The van der Waals surface area contributed by atoms with E-state index in [9.17, 15) is 4.79 Å². The number of methoxy groups -OCH3 is 1. The highest BCUT2D eigenvalue weighted by Crippen LogP contribution is 2.23. The number of aryl methyl sites for hydroxylation is 1. The molecule has 4 nitrogen and oxygen atoms in total. The van der Waals surface area contributed by atoms with Crippen LogP contribution in [0.5, 0.6) is 11.5 Å². The second kappa shape index (κ2) is 6.90. The molecule has 0 fully saturated rings. The van der Waals surface area contributed by atoms with Gasteiger partial charge in [0.25, 0.3) is 0 Å². The van der Waals surface area contributed by atoms with E-state index in [4.69, 9.17) is 10.5 Å². The van der Waals surface area contributed by atoms with E-state index in [-0.39, 0.29) is 0 Å². The summed E-state index contributed by atoms with van der Waals surface area (Å²) in [6.07, 6.45) is 0.414. The predicted molar refractivity (Wildman–Crippen MR) is 81.4 cm³/mol. The van der Waals surface area contributed by atoms with Gasteiger partial charge in [0.05, 0.1) is 7.11 Å². The molecule has 2 aromatic carbocycles. The lowest BCUT2D eigenvalue weighted by molar-refractivity contribution is -0.142. The molecule has 0 aliphatic carbocycles. The molecule has 2 rings (SSSR count). The van der Waals surface area contributed by atoms with Crippen LogP contribution >= 0.6 is 0 Å². The molecule has 0 amide bonds. The van der Waals surface area contributed by atoms with E-state index in [1.165, 1.54) is 12.7 Å². The molecule has 0 saturated carbocycles. The largest absolute Gasteiger partial charge is 0.468 e. The zero-order chi connectivity index (χ0) is 15.2. The maximum absolute atomic E-state index is 11.3. The summed E-state index contributed by atoms with van der Waals surface area (Å²) in [5.74, 6) is 1.07. The van der Waals surface area contributed by atoms with Crippen molar-refractivity contribution in [2.45, 2.75) is 19.4 Å². The topological polar surface area (TPSA) is 61.5 Å². The molecule has 2 N–H and O–H groups in total. The average molecular weight is 285 g/mol. The van der Waals surface area contributed by atoms with Gasteiger partial charge in [0.1, 0.15) is 17.5 Å². The van der Waals surface area contributed by atoms with Crippen LogP contribution < -0.4 is 10.5 Å². The molecule has 0 radical (unpaired) electrons. The Balaban J connectivity index is 2.07. The van der Waals surface area contributed by atoms with Gasteiger partial charge in [-0.05, 0) is 43.2 Å². The standard InChI is InChI=1S/C17H19NO3/c1-12-6-8-14(9-7-12)21-15-5-3-4-13(10-15)11-16(18)17(19)20-2/h3-10,16H,11,18H2,1-2H3/t16-/m0/s1. The van der Waals surface area contributed by atoms with Crippen LogP contribution in [-0.4, -0.2) is 19.1 Å². The molecule has 0 aromatic heterocycles. The van der Waals surface area contributed by atoms with E-state index in [0.29, 0.717) is 12.2 Å². The van der Waals surface area contributed by atoms with Gasteiger partial charge in [0.15, 0.2) is 0 Å². The number of carbonyl (C=O) groups excluding carboxylic acids is 1. The zero-order valence-corrected chi connectivity index (χ0v) is 12.2. The maximum atomic E-state index is 11.3. The molecule has 0 bridgehead atoms. The molecule has 0 saturated heterocycles. The first-order chi connectivity index (χ1) is 10.1. The molecule has 0 heterocycles. The Kier molecular flexibility index (Phi) is 4.95. The molecule has 0 aliphatic rings. The number of carbonyl (C=O) groups is 1. The van der Waals surface area contributed by atoms with E-state index in [1.807, 2.05) is 55.5 Å². The van der Waals surface area contributed by atoms with Gasteiger partial charge < -0.3 is 15.2 Å². The summed E-state index contributed by atoms with van der Waals surface area (Å²) < 4.78 is 10.4. The van der Waals surface area contributed by atoms with Crippen molar-refractivity contribution in [3.8, 4) is 11.5 Å². The quantitative estimate of drug-likeness (QED) is 0.858. The highest BCUT2D eigenvalue weighted by Gasteiger charge is 2.14. The number of rotatable bonds is 5. The maximum Gasteiger partial charge on any atom is 0.322 e. The Morgan fingerprint density at radius 1 is 1.14 bits per heavy atom. The lowest BCUT2D eigenvalue weighted by Gasteiger charge is -2.11. The summed E-state index contributed by atoms with van der Waals surface area (Å²) in [7, 11) is 1.33. The summed E-state index contributed by atoms with van der Waals surface area (Å²) in [6, 6.07) is 14.7. The van der Waals surface area contributed by atoms with E-state index in [1.54, 1.807) is 0 Å². The van der Waals surface area contributed by atoms with Crippen molar-refractivity contribution in [2.75, 3.05) is 7.11 Å². The third kappa shape index (κ3) is 4.33. The van der Waals surface area contributed by atoms with Crippen molar-refractivity contribution in [1.82, 2.24) is 0 Å². The van der Waals surface area contributed by atoms with Crippen LogP contribution in [0.15, 0.2) is 48.5 Å². The van der Waals surface area contributed by atoms with Crippen molar-refractivity contribution in [3.05, 3.63) is 59.7 Å². The fourth-order valence-corrected chi connectivity index (χ4v) is 1.97. The third-order valence-electron chi connectivity index (χ3n) is 3.11. The van der Waals surface area contributed by atoms with Crippen molar-refractivity contribution in [2.24, 2.45) is 5.73 Å². The fraction of sp³-hybridized carbons (Fsp3) is 0.235. The Bertz CT molecular complexity index is 608. The molecule has 0 unspecified atom stereocenters. The van der Waals surface area contributed by atoms with E-state index < -0.39 is 12.0 Å². The molecule has 21 heavy (non-hydrogen) atoms. The lowest BCUT2D eigenvalue weighted by atomic mass is 10.1. The van der Waals surface area contributed by atoms with Gasteiger partial charge in [-0.3, -0.25) is 4.79 Å². The summed E-state index contributed by atoms with van der Waals surface area (Å²) in [5, 5.41) is 0. The first-order valence-corrected chi connectivity index (χ1v) is 6.75. The van der Waals surface area contributed by atoms with Crippen LogP contribution in [-0.2, 0) is 16.0 Å². The first-order valence-electron chi connectivity index (χ1n) is 6.75. The van der Waals surface area contributed by atoms with Crippen LogP contribution in [0.1, 0.15) is 11.1 Å². The number of hydrogen-bond donors (Lipinski definition) is 1. The van der Waals surface area contributed by atoms with Crippen molar-refractivity contribution in [3.63, 3.8) is 0 Å². The van der Waals surface area contributed by atoms with Crippen molar-refractivity contribution >= 4 is 5.97 Å². The summed E-state index contributed by atoms with van der Waals surface area (Å²) in [6.45, 7) is 2.03. The minimum Gasteiger partial charge on any atom is -0.468 e. The van der Waals surface area contributed by atoms with Crippen molar-refractivity contribution in [1.29, 1.82) is 0 Å². The van der Waals surface area contributed by atoms with E-state index in [2.05, 4.69) is 4.74 Å². The van der Waals surface area contributed by atoms with Gasteiger partial charge >= 0.3 is 5.97 Å². The molecule has 2 aromatic rings. The Labute approximate surface area is 124 Å². The monoisotopic (exact) mass is 285 g/mol. The predicted octanol–water partition coefficient (Wildman–Crippen LogP) is 2.83. The number of nitrogens with two attached hydrogens (primary N) is 1. The molecule has 0 spiro atoms. The van der Waals surface area contributed by atoms with Gasteiger partial charge in [-0.25, -0.2) is 0 Å². The Morgan fingerprint density at radius 2 is 1.86 bits per heavy atom. The number of benzene rings is 2. The molecule has 1 atom stereocenters. The molecule has 110 valence electrons. The molecule has 0 aliphatic heterocycles. The van der Waals surface area contributed by atoms with Gasteiger partial charge in [-0.15, -0.1) is 0 Å². The zero-order valence-electron chi connectivity index (χ0n) is 12.2. The summed E-state index contributed by atoms with van der Waals surface area (Å²) in [5.41, 5.74) is 7.87. The SMILES string of the molecule is COC(=O)[C@@H](N)Cc1cccc(Oc2ccc(C)cc2)c1. The van der Waals surface area contributed by atoms with Crippen LogP contribution in [0, 0.1) is 6.92 Å². The van der Waals surface area contributed by atoms with Gasteiger partial charge in [-0.2, -0.15) is 0 Å². The van der Waals surface area contributed by atoms with Crippen molar-refractivity contribution < 1.29 is 14.3 Å². The van der Waals surface area contributed by atoms with Gasteiger partial charge in [0.2, 0.25) is 0 Å². The normalized spacial score (nSPS) is 11.8. The number of ether oxygens (including phenoxy) is 2. The molecular weight excluding hydrogens is 266 g/mol. The second-order valence-electron chi connectivity index (χ2n) is 4.90. The highest BCUT2D eigenvalue weighted by atomic mass is 16.5. The van der Waals surface area contributed by atoms with Crippen LogP contribution in [0.25, 0.3) is 0 Å². The second-order valence-corrected chi connectivity index (χ2v) is 4.90. The number of esters is 1. The average Bonchev–Trinajstić information content (AvgIpc) is 2.49. The molecule has 4 heteroatoms. The Hall–Kier alpha value is -2.33. The minimum absolute atomic E-state index is 0.414. The molecular formula is C17H19NO3. The first kappa shape index (κ1) is 15.1. The minimum atomic E-state index is -0.662. The van der Waals surface area contributed by atoms with E-state index >= 15 is 0 Å². The van der Waals surface area contributed by atoms with Crippen LogP contribution in [0.2, 0.25) is 0 Å². The summed E-state index contributed by atoms with van der Waals surface area (Å²) in [4.78, 5) is 11.3. The smallest absolute Gasteiger partial charge is 0.322 e. The van der Waals surface area contributed by atoms with E-state index in [0.717, 1.165) is 11.3 Å². The Morgan fingerprint density at radius 3 is 2.52 bits per heavy atom. The van der Waals surface area contributed by atoms with Crippen LogP contribution in [0.4, 0.5) is 0 Å². The van der Waals surface area contributed by atoms with Gasteiger partial charge in [-0.1, -0.05) is 29.8 Å².